The lowest BCUT2D eigenvalue weighted by molar-refractivity contribution is -0.374. The van der Waals surface area contributed by atoms with Crippen molar-refractivity contribution in [2.45, 2.75) is 346 Å². The maximum Gasteiger partial charge on any atom is 0.189 e. The Labute approximate surface area is 438 Å². The molecule has 0 unspecified atom stereocenters. The summed E-state index contributed by atoms with van der Waals surface area (Å²) in [7, 11) is 0. The van der Waals surface area contributed by atoms with Crippen molar-refractivity contribution in [3.8, 4) is 0 Å². The third kappa shape index (κ3) is 32.0. The quantitative estimate of drug-likeness (QED) is 0.0323. The Kier molecular flexibility index (Phi) is 42.9. The number of nitrogens with zero attached hydrogens (tertiary/aromatic N) is 2. The molecule has 2 aliphatic heterocycles. The number of hydrogen-bond acceptors (Lipinski definition) is 11. The highest BCUT2D eigenvalue weighted by Gasteiger charge is 2.50. The summed E-state index contributed by atoms with van der Waals surface area (Å²) in [5.41, 5.74) is 0. The second-order valence-electron chi connectivity index (χ2n) is 22.5. The average molecular weight is 1010 g/mol. The van der Waals surface area contributed by atoms with Crippen LogP contribution >= 0.6 is 0 Å². The Hall–Kier alpha value is -0.440. The molecule has 10 atom stereocenters. The minimum atomic E-state index is -1.61. The van der Waals surface area contributed by atoms with Gasteiger partial charge in [0, 0.05) is 13.1 Å². The zero-order valence-electron chi connectivity index (χ0n) is 47.1. The Morgan fingerprint density at radius 3 is 0.676 bits per heavy atom. The average Bonchev–Trinajstić information content (AvgIpc) is 3.37. The molecule has 11 nitrogen and oxygen atoms in total. The molecule has 0 aromatic heterocycles. The fraction of sp³-hybridized carbons (Fsp3) is 1.00. The molecule has 6 N–H and O–H groups in total. The highest BCUT2D eigenvalue weighted by Crippen LogP contribution is 2.30. The van der Waals surface area contributed by atoms with Crippen molar-refractivity contribution < 1.29 is 44.8 Å². The summed E-state index contributed by atoms with van der Waals surface area (Å²) in [6.45, 7) is 13.2. The van der Waals surface area contributed by atoms with Gasteiger partial charge in [-0.2, -0.15) is 0 Å². The van der Waals surface area contributed by atoms with Gasteiger partial charge in [0.05, 0.1) is 0 Å². The fourth-order valence-electron chi connectivity index (χ4n) is 10.9. The summed E-state index contributed by atoms with van der Waals surface area (Å²) in [6.07, 6.45) is 36.7. The van der Waals surface area contributed by atoms with E-state index in [1.165, 1.54) is 205 Å². The van der Waals surface area contributed by atoms with Crippen molar-refractivity contribution in [2.24, 2.45) is 0 Å². The van der Waals surface area contributed by atoms with E-state index in [1.54, 1.807) is 0 Å². The van der Waals surface area contributed by atoms with Gasteiger partial charge < -0.3 is 54.6 Å². The lowest BCUT2D eigenvalue weighted by Gasteiger charge is -2.46. The summed E-state index contributed by atoms with van der Waals surface area (Å²) in [5, 5.41) is 67.5. The van der Waals surface area contributed by atoms with Crippen LogP contribution in [0.2, 0.25) is 0 Å². The maximum absolute atomic E-state index is 11.3. The van der Waals surface area contributed by atoms with Crippen molar-refractivity contribution >= 4 is 0 Å². The van der Waals surface area contributed by atoms with Crippen molar-refractivity contribution in [1.29, 1.82) is 0 Å². The number of rotatable bonds is 50. The highest BCUT2D eigenvalue weighted by molar-refractivity contribution is 4.94. The van der Waals surface area contributed by atoms with Gasteiger partial charge in [-0.3, -0.25) is 0 Å². The molecule has 2 rings (SSSR count). The zero-order valence-corrected chi connectivity index (χ0v) is 47.1. The molecule has 71 heavy (non-hydrogen) atoms. The van der Waals surface area contributed by atoms with Crippen molar-refractivity contribution in [2.75, 3.05) is 39.3 Å². The van der Waals surface area contributed by atoms with Crippen LogP contribution in [0.5, 0.6) is 0 Å². The van der Waals surface area contributed by atoms with Gasteiger partial charge in [-0.05, 0) is 51.9 Å². The summed E-state index contributed by atoms with van der Waals surface area (Å²) >= 11 is 0. The molecule has 0 spiro atoms. The van der Waals surface area contributed by atoms with E-state index in [0.717, 1.165) is 77.5 Å². The van der Waals surface area contributed by atoms with Crippen LogP contribution < -0.4 is 0 Å². The molecule has 2 fully saturated rings. The van der Waals surface area contributed by atoms with Gasteiger partial charge in [-0.25, -0.2) is 0 Å². The standard InChI is InChI=1S/C60H120N2O9/c1-5-9-13-17-21-25-29-33-37-41-45-61(46-42-38-34-30-26-22-18-14-10-6-2)49-51-53(63)55(65)57(67)59(69-51)71-60-58(68)56(66)54(64)52(70-60)50-62(47-43-39-35-31-27-23-19-15-11-7-3)48-44-40-36-32-28-24-20-16-12-8-4/h51-60,63-68H,5-50H2,1-4H3/t51-,52-,53-,54-,55+,56+,57-,58-,59-,60-/m1/s1. The first kappa shape index (κ1) is 66.7. The van der Waals surface area contributed by atoms with Crippen LogP contribution in [-0.4, -0.2) is 141 Å². The van der Waals surface area contributed by atoms with E-state index >= 15 is 0 Å². The molecule has 0 radical (unpaired) electrons. The first-order valence-corrected chi connectivity index (χ1v) is 31.2. The van der Waals surface area contributed by atoms with E-state index in [2.05, 4.69) is 37.5 Å². The summed E-state index contributed by atoms with van der Waals surface area (Å²) in [6, 6.07) is 0. The first-order valence-electron chi connectivity index (χ1n) is 31.2. The molecule has 0 aromatic carbocycles. The van der Waals surface area contributed by atoms with Gasteiger partial charge >= 0.3 is 0 Å². The smallest absolute Gasteiger partial charge is 0.189 e. The summed E-state index contributed by atoms with van der Waals surface area (Å²) < 4.78 is 18.8. The lowest BCUT2D eigenvalue weighted by Crippen LogP contribution is -2.64. The van der Waals surface area contributed by atoms with E-state index in [-0.39, 0.29) is 0 Å². The third-order valence-corrected chi connectivity index (χ3v) is 15.8. The van der Waals surface area contributed by atoms with E-state index in [0.29, 0.717) is 13.1 Å². The van der Waals surface area contributed by atoms with Crippen LogP contribution in [0, 0.1) is 0 Å². The van der Waals surface area contributed by atoms with Gasteiger partial charge in [0.1, 0.15) is 48.8 Å². The molecule has 0 aliphatic carbocycles. The monoisotopic (exact) mass is 1010 g/mol. The van der Waals surface area contributed by atoms with E-state index in [4.69, 9.17) is 14.2 Å². The predicted octanol–water partition coefficient (Wildman–Crippen LogP) is 12.9. The normalized spacial score (nSPS) is 25.0. The van der Waals surface area contributed by atoms with E-state index in [1.807, 2.05) is 0 Å². The number of unbranched alkanes of at least 4 members (excludes halogenated alkanes) is 36. The number of aliphatic hydroxyl groups excluding tert-OH is 6. The van der Waals surface area contributed by atoms with Crippen LogP contribution in [-0.2, 0) is 14.2 Å². The molecule has 2 heterocycles. The summed E-state index contributed by atoms with van der Waals surface area (Å²) in [5.74, 6) is 0. The van der Waals surface area contributed by atoms with Gasteiger partial charge in [0.15, 0.2) is 12.6 Å². The highest BCUT2D eigenvalue weighted by atomic mass is 16.8. The van der Waals surface area contributed by atoms with Crippen LogP contribution in [0.15, 0.2) is 0 Å². The third-order valence-electron chi connectivity index (χ3n) is 15.8. The minimum absolute atomic E-state index is 0.366. The molecule has 11 heteroatoms. The Morgan fingerprint density at radius 2 is 0.465 bits per heavy atom. The van der Waals surface area contributed by atoms with Crippen molar-refractivity contribution in [3.63, 3.8) is 0 Å². The van der Waals surface area contributed by atoms with E-state index < -0.39 is 61.4 Å². The van der Waals surface area contributed by atoms with Gasteiger partial charge in [0.2, 0.25) is 0 Å². The number of ether oxygens (including phenoxy) is 3. The van der Waals surface area contributed by atoms with Gasteiger partial charge in [-0.15, -0.1) is 0 Å². The molecule has 0 bridgehead atoms. The molecule has 2 aliphatic rings. The lowest BCUT2D eigenvalue weighted by atomic mass is 9.97. The molecule has 0 aromatic rings. The number of aliphatic hydroxyl groups is 6. The Bertz CT molecular complexity index is 1010. The SMILES string of the molecule is CCCCCCCCCCCCN(CCCCCCCCCCCC)C[C@H]1O[C@H](O[C@H]2O[C@H](CN(CCCCCCCCCCCC)CCCCCCCCCCCC)[C@@H](O)[C@H](O)[C@H]2O)[C@H](O)[C@@H](O)[C@@H]1O. The molecule has 2 saturated heterocycles. The molecular formula is C60H120N2O9. The molecule has 0 amide bonds. The van der Waals surface area contributed by atoms with Crippen molar-refractivity contribution in [3.05, 3.63) is 0 Å². The van der Waals surface area contributed by atoms with Crippen LogP contribution in [0.1, 0.15) is 285 Å². The predicted molar refractivity (Wildman–Crippen MR) is 295 cm³/mol. The second-order valence-corrected chi connectivity index (χ2v) is 22.5. The largest absolute Gasteiger partial charge is 0.388 e. The topological polar surface area (TPSA) is 156 Å². The van der Waals surface area contributed by atoms with Crippen LogP contribution in [0.25, 0.3) is 0 Å². The fourth-order valence-corrected chi connectivity index (χ4v) is 10.9. The molecular weight excluding hydrogens is 893 g/mol. The van der Waals surface area contributed by atoms with Gasteiger partial charge in [-0.1, -0.05) is 259 Å². The summed E-state index contributed by atoms with van der Waals surface area (Å²) in [4.78, 5) is 4.68. The zero-order chi connectivity index (χ0) is 51.6. The second kappa shape index (κ2) is 45.7. The van der Waals surface area contributed by atoms with Crippen LogP contribution in [0.3, 0.4) is 0 Å². The maximum atomic E-state index is 11.3. The van der Waals surface area contributed by atoms with Crippen molar-refractivity contribution in [1.82, 2.24) is 9.80 Å². The molecule has 424 valence electrons. The molecule has 0 saturated carbocycles. The Morgan fingerprint density at radius 1 is 0.268 bits per heavy atom. The van der Waals surface area contributed by atoms with Crippen LogP contribution in [0.4, 0.5) is 0 Å². The minimum Gasteiger partial charge on any atom is -0.388 e. The number of hydrogen-bond donors (Lipinski definition) is 6. The Balaban J connectivity index is 2.04. The first-order chi connectivity index (χ1) is 34.7. The van der Waals surface area contributed by atoms with Gasteiger partial charge in [0.25, 0.3) is 0 Å². The van der Waals surface area contributed by atoms with E-state index in [9.17, 15) is 30.6 Å².